The molecule has 1 heterocycles. The summed E-state index contributed by atoms with van der Waals surface area (Å²) < 4.78 is 0. The fraction of sp³-hybridized carbons (Fsp3) is 0.632. The molecule has 1 aromatic rings. The van der Waals surface area contributed by atoms with Gasteiger partial charge in [-0.3, -0.25) is 0 Å². The maximum Gasteiger partial charge on any atom is 0.317 e. The Hall–Kier alpha value is -1.55. The Balaban J connectivity index is 1.95. The molecular formula is C19H31N3O. The zero-order chi connectivity index (χ0) is 16.8. The molecule has 1 aliphatic rings. The highest BCUT2D eigenvalue weighted by molar-refractivity contribution is 5.75. The molecule has 2 amide bonds. The lowest BCUT2D eigenvalue weighted by atomic mass is 9.97. The molecule has 0 spiro atoms. The van der Waals surface area contributed by atoms with Crippen LogP contribution in [0.15, 0.2) is 30.3 Å². The molecule has 128 valence electrons. The lowest BCUT2D eigenvalue weighted by molar-refractivity contribution is 0.199. The number of amides is 2. The Morgan fingerprint density at radius 1 is 1.30 bits per heavy atom. The van der Waals surface area contributed by atoms with Crippen LogP contribution in [0.5, 0.6) is 0 Å². The van der Waals surface area contributed by atoms with Gasteiger partial charge >= 0.3 is 6.03 Å². The van der Waals surface area contributed by atoms with Gasteiger partial charge in [0, 0.05) is 19.6 Å². The molecule has 1 aliphatic heterocycles. The number of rotatable bonds is 6. The summed E-state index contributed by atoms with van der Waals surface area (Å²) in [5.74, 6) is 1.14. The Morgan fingerprint density at radius 3 is 2.61 bits per heavy atom. The van der Waals surface area contributed by atoms with Crippen molar-refractivity contribution in [2.24, 2.45) is 11.8 Å². The summed E-state index contributed by atoms with van der Waals surface area (Å²) >= 11 is 0. The predicted octanol–water partition coefficient (Wildman–Crippen LogP) is 3.37. The minimum atomic E-state index is 0.0840. The number of likely N-dealkylation sites (tertiary alicyclic amines) is 1. The van der Waals surface area contributed by atoms with Crippen LogP contribution in [0, 0.1) is 11.8 Å². The van der Waals surface area contributed by atoms with Crippen LogP contribution in [0.3, 0.4) is 0 Å². The van der Waals surface area contributed by atoms with Crippen molar-refractivity contribution in [3.63, 3.8) is 0 Å². The largest absolute Gasteiger partial charge is 0.331 e. The minimum Gasteiger partial charge on any atom is -0.331 e. The first-order chi connectivity index (χ1) is 11.0. The van der Waals surface area contributed by atoms with Crippen molar-refractivity contribution < 1.29 is 4.79 Å². The Morgan fingerprint density at radius 2 is 2.00 bits per heavy atom. The van der Waals surface area contributed by atoms with Gasteiger partial charge in [0.25, 0.3) is 0 Å². The smallest absolute Gasteiger partial charge is 0.317 e. The third-order valence-corrected chi connectivity index (χ3v) is 4.40. The van der Waals surface area contributed by atoms with E-state index in [1.165, 1.54) is 5.56 Å². The summed E-state index contributed by atoms with van der Waals surface area (Å²) in [5, 5.41) is 3.25. The molecule has 4 heteroatoms. The van der Waals surface area contributed by atoms with Gasteiger partial charge in [0.05, 0.1) is 6.04 Å². The van der Waals surface area contributed by atoms with Crippen LogP contribution in [0.2, 0.25) is 0 Å². The van der Waals surface area contributed by atoms with Crippen molar-refractivity contribution in [2.75, 3.05) is 33.7 Å². The highest BCUT2D eigenvalue weighted by Gasteiger charge is 2.28. The second kappa shape index (κ2) is 8.34. The van der Waals surface area contributed by atoms with Crippen LogP contribution in [0.4, 0.5) is 4.79 Å². The average Bonchev–Trinajstić information content (AvgIpc) is 2.95. The molecule has 23 heavy (non-hydrogen) atoms. The molecule has 1 saturated heterocycles. The molecule has 0 bridgehead atoms. The van der Waals surface area contributed by atoms with Gasteiger partial charge in [0.15, 0.2) is 0 Å². The summed E-state index contributed by atoms with van der Waals surface area (Å²) in [4.78, 5) is 16.8. The molecule has 1 N–H and O–H groups in total. The van der Waals surface area contributed by atoms with Gasteiger partial charge < -0.3 is 15.1 Å². The average molecular weight is 317 g/mol. The van der Waals surface area contributed by atoms with E-state index in [-0.39, 0.29) is 12.1 Å². The van der Waals surface area contributed by atoms with Crippen molar-refractivity contribution in [1.29, 1.82) is 0 Å². The summed E-state index contributed by atoms with van der Waals surface area (Å²) in [5.41, 5.74) is 1.19. The van der Waals surface area contributed by atoms with Crippen LogP contribution in [0.1, 0.15) is 38.3 Å². The van der Waals surface area contributed by atoms with Gasteiger partial charge in [0.2, 0.25) is 0 Å². The third-order valence-electron chi connectivity index (χ3n) is 4.40. The maximum atomic E-state index is 12.6. The second-order valence-corrected chi connectivity index (χ2v) is 7.41. The van der Waals surface area contributed by atoms with E-state index in [1.54, 1.807) is 0 Å². The lowest BCUT2D eigenvalue weighted by Gasteiger charge is -2.25. The molecule has 0 aliphatic carbocycles. The zero-order valence-corrected chi connectivity index (χ0v) is 15.0. The van der Waals surface area contributed by atoms with Crippen LogP contribution < -0.4 is 5.32 Å². The number of hydrogen-bond donors (Lipinski definition) is 1. The zero-order valence-electron chi connectivity index (χ0n) is 15.0. The van der Waals surface area contributed by atoms with Gasteiger partial charge in [-0.05, 0) is 44.3 Å². The van der Waals surface area contributed by atoms with Gasteiger partial charge in [0.1, 0.15) is 0 Å². The number of nitrogens with one attached hydrogen (secondary N) is 1. The third kappa shape index (κ3) is 5.54. The van der Waals surface area contributed by atoms with E-state index in [1.807, 2.05) is 23.1 Å². The van der Waals surface area contributed by atoms with Crippen molar-refractivity contribution in [1.82, 2.24) is 15.1 Å². The van der Waals surface area contributed by atoms with E-state index in [9.17, 15) is 4.79 Å². The molecule has 0 aromatic heterocycles. The first kappa shape index (κ1) is 17.8. The monoisotopic (exact) mass is 317 g/mol. The SMILES string of the molecule is CC(C)C[C@@H](NC(=O)N1CC[C@@H](CN(C)C)C1)c1ccccc1. The molecule has 1 aromatic carbocycles. The van der Waals surface area contributed by atoms with E-state index in [0.29, 0.717) is 11.8 Å². The summed E-state index contributed by atoms with van der Waals surface area (Å²) in [6, 6.07) is 10.5. The molecule has 0 saturated carbocycles. The fourth-order valence-electron chi connectivity index (χ4n) is 3.36. The summed E-state index contributed by atoms with van der Waals surface area (Å²) in [6.07, 6.45) is 2.07. The van der Waals surface area contributed by atoms with E-state index in [2.05, 4.69) is 50.3 Å². The number of benzene rings is 1. The van der Waals surface area contributed by atoms with Crippen molar-refractivity contribution in [3.05, 3.63) is 35.9 Å². The Labute approximate surface area is 140 Å². The van der Waals surface area contributed by atoms with Crippen LogP contribution in [-0.2, 0) is 0 Å². The van der Waals surface area contributed by atoms with E-state index < -0.39 is 0 Å². The van der Waals surface area contributed by atoms with Gasteiger partial charge in [-0.25, -0.2) is 4.79 Å². The maximum absolute atomic E-state index is 12.6. The number of nitrogens with zero attached hydrogens (tertiary/aromatic N) is 2. The molecule has 2 rings (SSSR count). The Kier molecular flexibility index (Phi) is 6.46. The van der Waals surface area contributed by atoms with Gasteiger partial charge in [-0.15, -0.1) is 0 Å². The molecular weight excluding hydrogens is 286 g/mol. The van der Waals surface area contributed by atoms with E-state index in [0.717, 1.165) is 32.5 Å². The van der Waals surface area contributed by atoms with Crippen molar-refractivity contribution >= 4 is 6.03 Å². The standard InChI is InChI=1S/C19H31N3O/c1-15(2)12-18(17-8-6-5-7-9-17)20-19(23)22-11-10-16(14-22)13-21(3)4/h5-9,15-16,18H,10-14H2,1-4H3,(H,20,23)/t16-,18+/m0/s1. The molecule has 4 nitrogen and oxygen atoms in total. The quantitative estimate of drug-likeness (QED) is 0.873. The number of hydrogen-bond acceptors (Lipinski definition) is 2. The van der Waals surface area contributed by atoms with Crippen molar-refractivity contribution in [2.45, 2.75) is 32.7 Å². The van der Waals surface area contributed by atoms with Crippen LogP contribution >= 0.6 is 0 Å². The molecule has 0 unspecified atom stereocenters. The van der Waals surface area contributed by atoms with Gasteiger partial charge in [-0.1, -0.05) is 44.2 Å². The molecule has 0 radical (unpaired) electrons. The van der Waals surface area contributed by atoms with E-state index >= 15 is 0 Å². The first-order valence-electron chi connectivity index (χ1n) is 8.70. The van der Waals surface area contributed by atoms with Crippen LogP contribution in [0.25, 0.3) is 0 Å². The highest BCUT2D eigenvalue weighted by Crippen LogP contribution is 2.23. The Bertz CT molecular complexity index is 487. The highest BCUT2D eigenvalue weighted by atomic mass is 16.2. The summed E-state index contributed by atoms with van der Waals surface area (Å²) in [6.45, 7) is 7.19. The van der Waals surface area contributed by atoms with E-state index in [4.69, 9.17) is 0 Å². The first-order valence-corrected chi connectivity index (χ1v) is 8.70. The topological polar surface area (TPSA) is 35.6 Å². The minimum absolute atomic E-state index is 0.0840. The lowest BCUT2D eigenvalue weighted by Crippen LogP contribution is -2.41. The van der Waals surface area contributed by atoms with Crippen molar-refractivity contribution in [3.8, 4) is 0 Å². The summed E-state index contributed by atoms with van der Waals surface area (Å²) in [7, 11) is 4.19. The predicted molar refractivity (Wildman–Crippen MR) is 95.4 cm³/mol. The van der Waals surface area contributed by atoms with Gasteiger partial charge in [-0.2, -0.15) is 0 Å². The number of urea groups is 1. The fourth-order valence-corrected chi connectivity index (χ4v) is 3.36. The second-order valence-electron chi connectivity index (χ2n) is 7.41. The van der Waals surface area contributed by atoms with Crippen LogP contribution in [-0.4, -0.2) is 49.6 Å². The molecule has 1 fully saturated rings. The number of carbonyl (C=O) groups is 1. The molecule has 2 atom stereocenters. The normalized spacial score (nSPS) is 19.4. The number of carbonyl (C=O) groups excluding carboxylic acids is 1.